The number of rotatable bonds is 7. The maximum absolute atomic E-state index is 12.1. The summed E-state index contributed by atoms with van der Waals surface area (Å²) in [6.45, 7) is 1.32. The Morgan fingerprint density at radius 3 is 3.00 bits per heavy atom. The minimum absolute atomic E-state index is 0.00718. The van der Waals surface area contributed by atoms with Gasteiger partial charge in [-0.3, -0.25) is 4.79 Å². The minimum atomic E-state index is -0.188. The van der Waals surface area contributed by atoms with Crippen LogP contribution in [0.15, 0.2) is 18.2 Å². The third-order valence-corrected chi connectivity index (χ3v) is 4.30. The van der Waals surface area contributed by atoms with Gasteiger partial charge < -0.3 is 20.9 Å². The Kier molecular flexibility index (Phi) is 5.81. The van der Waals surface area contributed by atoms with Crippen LogP contribution in [0.5, 0.6) is 0 Å². The highest BCUT2D eigenvalue weighted by atomic mass is 35.5. The van der Waals surface area contributed by atoms with Crippen LogP contribution < -0.4 is 11.1 Å². The first-order valence-electron chi connectivity index (χ1n) is 6.58. The Morgan fingerprint density at radius 2 is 2.24 bits per heavy atom. The van der Waals surface area contributed by atoms with E-state index in [0.717, 1.165) is 10.1 Å². The van der Waals surface area contributed by atoms with Crippen LogP contribution in [-0.4, -0.2) is 37.4 Å². The SMILES string of the molecule is Nc1c(C(=O)NCCCOCCO)sc2ccc(Cl)cc12. The molecule has 0 bridgehead atoms. The van der Waals surface area contributed by atoms with E-state index < -0.39 is 0 Å². The van der Waals surface area contributed by atoms with E-state index in [-0.39, 0.29) is 12.5 Å². The molecule has 0 saturated heterocycles. The molecule has 0 aliphatic heterocycles. The standard InChI is InChI=1S/C14H17ClN2O3S/c15-9-2-3-11-10(8-9)12(16)13(21-11)14(19)17-4-1-6-20-7-5-18/h2-3,8,18H,1,4-7,16H2,(H,17,19). The van der Waals surface area contributed by atoms with Gasteiger partial charge in [0, 0.05) is 28.3 Å². The first-order valence-corrected chi connectivity index (χ1v) is 7.77. The molecule has 1 heterocycles. The van der Waals surface area contributed by atoms with Gasteiger partial charge in [-0.2, -0.15) is 0 Å². The Balaban J connectivity index is 1.95. The predicted octanol–water partition coefficient (Wildman–Crippen LogP) is 2.27. The van der Waals surface area contributed by atoms with Gasteiger partial charge in [-0.05, 0) is 24.6 Å². The fraction of sp³-hybridized carbons (Fsp3) is 0.357. The summed E-state index contributed by atoms with van der Waals surface area (Å²) in [6, 6.07) is 5.40. The van der Waals surface area contributed by atoms with Gasteiger partial charge in [-0.25, -0.2) is 0 Å². The molecule has 0 saturated carbocycles. The molecule has 0 fully saturated rings. The molecule has 0 unspecified atom stereocenters. The maximum Gasteiger partial charge on any atom is 0.263 e. The van der Waals surface area contributed by atoms with Crippen LogP contribution in [-0.2, 0) is 4.74 Å². The molecule has 2 aromatic rings. The summed E-state index contributed by atoms with van der Waals surface area (Å²) in [5, 5.41) is 12.8. The number of ether oxygens (including phenoxy) is 1. The van der Waals surface area contributed by atoms with Crippen molar-refractivity contribution in [1.82, 2.24) is 5.32 Å². The van der Waals surface area contributed by atoms with Crippen molar-refractivity contribution in [2.75, 3.05) is 32.1 Å². The van der Waals surface area contributed by atoms with Crippen LogP contribution in [0.4, 0.5) is 5.69 Å². The number of nitrogen functional groups attached to an aromatic ring is 1. The summed E-state index contributed by atoms with van der Waals surface area (Å²) in [5.41, 5.74) is 6.48. The molecule has 0 aliphatic rings. The summed E-state index contributed by atoms with van der Waals surface area (Å²) >= 11 is 7.29. The molecule has 0 radical (unpaired) electrons. The van der Waals surface area contributed by atoms with Gasteiger partial charge in [0.15, 0.2) is 0 Å². The number of nitrogens with two attached hydrogens (primary N) is 1. The Bertz CT molecular complexity index is 630. The molecule has 7 heteroatoms. The molecule has 4 N–H and O–H groups in total. The van der Waals surface area contributed by atoms with E-state index in [1.165, 1.54) is 11.3 Å². The van der Waals surface area contributed by atoms with Crippen LogP contribution >= 0.6 is 22.9 Å². The van der Waals surface area contributed by atoms with Gasteiger partial charge in [0.05, 0.1) is 18.9 Å². The van der Waals surface area contributed by atoms with E-state index >= 15 is 0 Å². The molecule has 21 heavy (non-hydrogen) atoms. The number of halogens is 1. The van der Waals surface area contributed by atoms with Crippen molar-refractivity contribution < 1.29 is 14.6 Å². The van der Waals surface area contributed by atoms with Crippen molar-refractivity contribution in [2.45, 2.75) is 6.42 Å². The number of amides is 1. The number of thiophene rings is 1. The lowest BCUT2D eigenvalue weighted by Gasteiger charge is -2.05. The lowest BCUT2D eigenvalue weighted by molar-refractivity contribution is 0.0869. The number of benzene rings is 1. The van der Waals surface area contributed by atoms with Gasteiger partial charge in [0.2, 0.25) is 0 Å². The molecule has 5 nitrogen and oxygen atoms in total. The topological polar surface area (TPSA) is 84.6 Å². The molecular weight excluding hydrogens is 312 g/mol. The fourth-order valence-electron chi connectivity index (χ4n) is 1.88. The monoisotopic (exact) mass is 328 g/mol. The van der Waals surface area contributed by atoms with Gasteiger partial charge >= 0.3 is 0 Å². The van der Waals surface area contributed by atoms with Gasteiger partial charge in [-0.1, -0.05) is 11.6 Å². The summed E-state index contributed by atoms with van der Waals surface area (Å²) in [6.07, 6.45) is 0.683. The maximum atomic E-state index is 12.1. The summed E-state index contributed by atoms with van der Waals surface area (Å²) in [7, 11) is 0. The molecular formula is C14H17ClN2O3S. The first kappa shape index (κ1) is 16.0. The average Bonchev–Trinajstić information content (AvgIpc) is 2.79. The number of aliphatic hydroxyl groups is 1. The molecule has 0 aliphatic carbocycles. The van der Waals surface area contributed by atoms with E-state index in [1.807, 2.05) is 6.07 Å². The second-order valence-electron chi connectivity index (χ2n) is 4.43. The summed E-state index contributed by atoms with van der Waals surface area (Å²) in [4.78, 5) is 12.6. The predicted molar refractivity (Wildman–Crippen MR) is 86.1 cm³/mol. The lowest BCUT2D eigenvalue weighted by atomic mass is 10.2. The van der Waals surface area contributed by atoms with Crippen LogP contribution in [0.1, 0.15) is 16.1 Å². The third kappa shape index (κ3) is 4.07. The largest absolute Gasteiger partial charge is 0.397 e. The van der Waals surface area contributed by atoms with Gasteiger partial charge in [0.1, 0.15) is 4.88 Å². The molecule has 2 rings (SSSR count). The van der Waals surface area contributed by atoms with E-state index in [9.17, 15) is 4.79 Å². The zero-order chi connectivity index (χ0) is 15.2. The average molecular weight is 329 g/mol. The number of hydrogen-bond donors (Lipinski definition) is 3. The van der Waals surface area contributed by atoms with Crippen LogP contribution in [0.25, 0.3) is 10.1 Å². The molecule has 0 spiro atoms. The van der Waals surface area contributed by atoms with Crippen molar-refractivity contribution in [3.8, 4) is 0 Å². The Morgan fingerprint density at radius 1 is 1.43 bits per heavy atom. The highest BCUT2D eigenvalue weighted by Gasteiger charge is 2.16. The van der Waals surface area contributed by atoms with E-state index in [1.54, 1.807) is 12.1 Å². The zero-order valence-electron chi connectivity index (χ0n) is 11.4. The van der Waals surface area contributed by atoms with Crippen molar-refractivity contribution in [3.05, 3.63) is 28.1 Å². The summed E-state index contributed by atoms with van der Waals surface area (Å²) in [5.74, 6) is -0.188. The smallest absolute Gasteiger partial charge is 0.263 e. The normalized spacial score (nSPS) is 11.0. The zero-order valence-corrected chi connectivity index (χ0v) is 13.0. The number of hydrogen-bond acceptors (Lipinski definition) is 5. The lowest BCUT2D eigenvalue weighted by Crippen LogP contribution is -2.25. The molecule has 0 atom stereocenters. The number of fused-ring (bicyclic) bond motifs is 1. The highest BCUT2D eigenvalue weighted by molar-refractivity contribution is 7.21. The molecule has 1 aromatic heterocycles. The Labute approximate surface area is 131 Å². The van der Waals surface area contributed by atoms with E-state index in [4.69, 9.17) is 27.2 Å². The summed E-state index contributed by atoms with van der Waals surface area (Å²) < 4.78 is 6.06. The first-order chi connectivity index (χ1) is 10.1. The van der Waals surface area contributed by atoms with Crippen molar-refractivity contribution in [3.63, 3.8) is 0 Å². The molecule has 1 aromatic carbocycles. The second kappa shape index (κ2) is 7.61. The minimum Gasteiger partial charge on any atom is -0.397 e. The fourth-order valence-corrected chi connectivity index (χ4v) is 3.07. The molecule has 114 valence electrons. The number of carbonyl (C=O) groups excluding carboxylic acids is 1. The van der Waals surface area contributed by atoms with E-state index in [2.05, 4.69) is 5.32 Å². The number of nitrogens with one attached hydrogen (secondary N) is 1. The van der Waals surface area contributed by atoms with Crippen LogP contribution in [0.2, 0.25) is 5.02 Å². The van der Waals surface area contributed by atoms with Crippen molar-refractivity contribution in [2.24, 2.45) is 0 Å². The van der Waals surface area contributed by atoms with E-state index in [0.29, 0.717) is 41.8 Å². The van der Waals surface area contributed by atoms with Gasteiger partial charge in [-0.15, -0.1) is 11.3 Å². The second-order valence-corrected chi connectivity index (χ2v) is 5.92. The Hall–Kier alpha value is -1.34. The highest BCUT2D eigenvalue weighted by Crippen LogP contribution is 2.35. The number of aliphatic hydroxyl groups excluding tert-OH is 1. The van der Waals surface area contributed by atoms with Crippen molar-refractivity contribution >= 4 is 44.6 Å². The van der Waals surface area contributed by atoms with Gasteiger partial charge in [0.25, 0.3) is 5.91 Å². The van der Waals surface area contributed by atoms with Crippen LogP contribution in [0.3, 0.4) is 0 Å². The van der Waals surface area contributed by atoms with Crippen molar-refractivity contribution in [1.29, 1.82) is 0 Å². The third-order valence-electron chi connectivity index (χ3n) is 2.88. The molecule has 1 amide bonds. The van der Waals surface area contributed by atoms with Crippen LogP contribution in [0, 0.1) is 0 Å². The quantitative estimate of drug-likeness (QED) is 0.681. The number of anilines is 1. The number of carbonyl (C=O) groups is 1.